The second kappa shape index (κ2) is 7.04. The molecule has 0 bridgehead atoms. The molecule has 1 aromatic rings. The fourth-order valence-corrected chi connectivity index (χ4v) is 3.08. The predicted octanol–water partition coefficient (Wildman–Crippen LogP) is -0.166. The first-order valence-corrected chi connectivity index (χ1v) is 7.78. The van der Waals surface area contributed by atoms with E-state index in [9.17, 15) is 9.59 Å². The third kappa shape index (κ3) is 3.62. The van der Waals surface area contributed by atoms with Gasteiger partial charge in [0.25, 0.3) is 5.56 Å². The number of carbonyl (C=O) groups excluding carboxylic acids is 1. The molecule has 0 aliphatic carbocycles. The zero-order valence-corrected chi connectivity index (χ0v) is 13.6. The highest BCUT2D eigenvalue weighted by Crippen LogP contribution is 2.27. The first-order chi connectivity index (χ1) is 10.0. The SMILES string of the molecule is Cn1ncc(N2CCCC(C(=O)NCCN)C2)c(Br)c1=O. The maximum Gasteiger partial charge on any atom is 0.282 e. The van der Waals surface area contributed by atoms with E-state index in [4.69, 9.17) is 5.73 Å². The first-order valence-electron chi connectivity index (χ1n) is 6.99. The van der Waals surface area contributed by atoms with Crippen molar-refractivity contribution in [3.05, 3.63) is 21.0 Å². The molecule has 1 aromatic heterocycles. The molecule has 0 saturated carbocycles. The summed E-state index contributed by atoms with van der Waals surface area (Å²) in [5, 5.41) is 6.87. The maximum absolute atomic E-state index is 12.1. The van der Waals surface area contributed by atoms with Gasteiger partial charge in [-0.3, -0.25) is 9.59 Å². The fourth-order valence-electron chi connectivity index (χ4n) is 2.47. The predicted molar refractivity (Wildman–Crippen MR) is 84.2 cm³/mol. The van der Waals surface area contributed by atoms with Crippen LogP contribution in [0, 0.1) is 5.92 Å². The van der Waals surface area contributed by atoms with Crippen LogP contribution in [-0.4, -0.2) is 41.9 Å². The third-order valence-electron chi connectivity index (χ3n) is 3.64. The number of piperidine rings is 1. The minimum atomic E-state index is -0.179. The van der Waals surface area contributed by atoms with E-state index in [0.29, 0.717) is 24.1 Å². The lowest BCUT2D eigenvalue weighted by Crippen LogP contribution is -2.44. The largest absolute Gasteiger partial charge is 0.368 e. The lowest BCUT2D eigenvalue weighted by Gasteiger charge is -2.33. The number of carbonyl (C=O) groups is 1. The number of halogens is 1. The molecule has 1 atom stereocenters. The zero-order chi connectivity index (χ0) is 15.4. The molecule has 21 heavy (non-hydrogen) atoms. The summed E-state index contributed by atoms with van der Waals surface area (Å²) >= 11 is 3.33. The van der Waals surface area contributed by atoms with E-state index in [1.165, 1.54) is 4.68 Å². The minimum absolute atomic E-state index is 0.0260. The second-order valence-corrected chi connectivity index (χ2v) is 5.93. The number of aromatic nitrogens is 2. The molecule has 2 heterocycles. The molecule has 7 nitrogen and oxygen atoms in total. The number of hydrogen-bond acceptors (Lipinski definition) is 5. The molecular weight excluding hydrogens is 338 g/mol. The molecule has 1 amide bonds. The molecule has 1 aliphatic heterocycles. The monoisotopic (exact) mass is 357 g/mol. The Morgan fingerprint density at radius 1 is 1.62 bits per heavy atom. The molecule has 1 saturated heterocycles. The molecule has 0 spiro atoms. The number of nitrogens with two attached hydrogens (primary N) is 1. The van der Waals surface area contributed by atoms with Crippen molar-refractivity contribution >= 4 is 27.5 Å². The Bertz CT molecular complexity index is 574. The highest BCUT2D eigenvalue weighted by molar-refractivity contribution is 9.10. The van der Waals surface area contributed by atoms with Gasteiger partial charge in [0.05, 0.1) is 17.8 Å². The van der Waals surface area contributed by atoms with Crippen molar-refractivity contribution in [2.75, 3.05) is 31.1 Å². The number of nitrogens with one attached hydrogen (secondary N) is 1. The summed E-state index contributed by atoms with van der Waals surface area (Å²) in [7, 11) is 1.61. The van der Waals surface area contributed by atoms with Crippen LogP contribution in [0.25, 0.3) is 0 Å². The molecule has 2 rings (SSSR count). The van der Waals surface area contributed by atoms with Gasteiger partial charge in [-0.05, 0) is 28.8 Å². The summed E-state index contributed by atoms with van der Waals surface area (Å²) in [6.45, 7) is 2.33. The van der Waals surface area contributed by atoms with Crippen LogP contribution in [-0.2, 0) is 11.8 Å². The number of nitrogens with zero attached hydrogens (tertiary/aromatic N) is 3. The summed E-state index contributed by atoms with van der Waals surface area (Å²) in [4.78, 5) is 26.0. The Hall–Kier alpha value is -1.41. The molecule has 0 aromatic carbocycles. The molecule has 1 unspecified atom stereocenters. The van der Waals surface area contributed by atoms with Gasteiger partial charge in [-0.2, -0.15) is 5.10 Å². The lowest BCUT2D eigenvalue weighted by atomic mass is 9.97. The van der Waals surface area contributed by atoms with E-state index in [-0.39, 0.29) is 17.4 Å². The van der Waals surface area contributed by atoms with Crippen molar-refractivity contribution in [3.8, 4) is 0 Å². The van der Waals surface area contributed by atoms with Gasteiger partial charge in [-0.15, -0.1) is 0 Å². The number of hydrogen-bond donors (Lipinski definition) is 2. The Morgan fingerprint density at radius 2 is 2.38 bits per heavy atom. The quantitative estimate of drug-likeness (QED) is 0.780. The van der Waals surface area contributed by atoms with Crippen molar-refractivity contribution in [3.63, 3.8) is 0 Å². The number of rotatable bonds is 4. The Balaban J connectivity index is 2.13. The van der Waals surface area contributed by atoms with Crippen LogP contribution in [0.5, 0.6) is 0 Å². The average Bonchev–Trinajstić information content (AvgIpc) is 2.50. The van der Waals surface area contributed by atoms with E-state index in [0.717, 1.165) is 25.1 Å². The van der Waals surface area contributed by atoms with Crippen LogP contribution in [0.3, 0.4) is 0 Å². The smallest absolute Gasteiger partial charge is 0.282 e. The second-order valence-electron chi connectivity index (χ2n) is 5.14. The van der Waals surface area contributed by atoms with Crippen molar-refractivity contribution in [2.45, 2.75) is 12.8 Å². The van der Waals surface area contributed by atoms with E-state index in [1.54, 1.807) is 13.2 Å². The topological polar surface area (TPSA) is 93.2 Å². The van der Waals surface area contributed by atoms with Gasteiger partial charge in [0.15, 0.2) is 0 Å². The van der Waals surface area contributed by atoms with Gasteiger partial charge in [0.1, 0.15) is 4.47 Å². The standard InChI is InChI=1S/C13H20BrN5O2/c1-18-13(21)11(14)10(7-17-18)19-6-2-3-9(8-19)12(20)16-5-4-15/h7,9H,2-6,8,15H2,1H3,(H,16,20). The Morgan fingerprint density at radius 3 is 3.10 bits per heavy atom. The van der Waals surface area contributed by atoms with Gasteiger partial charge >= 0.3 is 0 Å². The fraction of sp³-hybridized carbons (Fsp3) is 0.615. The van der Waals surface area contributed by atoms with Gasteiger partial charge in [0, 0.05) is 33.2 Å². The minimum Gasteiger partial charge on any atom is -0.368 e. The van der Waals surface area contributed by atoms with Crippen LogP contribution in [0.15, 0.2) is 15.5 Å². The van der Waals surface area contributed by atoms with Crippen LogP contribution >= 0.6 is 15.9 Å². The third-order valence-corrected chi connectivity index (χ3v) is 4.38. The summed E-state index contributed by atoms with van der Waals surface area (Å²) in [6.07, 6.45) is 3.41. The summed E-state index contributed by atoms with van der Waals surface area (Å²) in [5.41, 5.74) is 5.97. The van der Waals surface area contributed by atoms with E-state index >= 15 is 0 Å². The average molecular weight is 358 g/mol. The van der Waals surface area contributed by atoms with Crippen molar-refractivity contribution in [1.29, 1.82) is 0 Å². The van der Waals surface area contributed by atoms with Crippen molar-refractivity contribution in [1.82, 2.24) is 15.1 Å². The molecule has 1 fully saturated rings. The first kappa shape index (κ1) is 16.0. The van der Waals surface area contributed by atoms with E-state index < -0.39 is 0 Å². The van der Waals surface area contributed by atoms with Crippen LogP contribution < -0.4 is 21.5 Å². The van der Waals surface area contributed by atoms with Crippen LogP contribution in [0.2, 0.25) is 0 Å². The zero-order valence-electron chi connectivity index (χ0n) is 12.0. The molecule has 116 valence electrons. The summed E-state index contributed by atoms with van der Waals surface area (Å²) in [6, 6.07) is 0. The van der Waals surface area contributed by atoms with Gasteiger partial charge in [-0.1, -0.05) is 0 Å². The van der Waals surface area contributed by atoms with E-state index in [2.05, 4.69) is 26.3 Å². The number of aryl methyl sites for hydroxylation is 1. The molecular formula is C13H20BrN5O2. The van der Waals surface area contributed by atoms with Crippen molar-refractivity contribution < 1.29 is 4.79 Å². The van der Waals surface area contributed by atoms with Crippen LogP contribution in [0.4, 0.5) is 5.69 Å². The van der Waals surface area contributed by atoms with Gasteiger partial charge in [0.2, 0.25) is 5.91 Å². The molecule has 8 heteroatoms. The summed E-state index contributed by atoms with van der Waals surface area (Å²) < 4.78 is 1.77. The van der Waals surface area contributed by atoms with Gasteiger partial charge in [-0.25, -0.2) is 4.68 Å². The molecule has 0 radical (unpaired) electrons. The highest BCUT2D eigenvalue weighted by Gasteiger charge is 2.27. The maximum atomic E-state index is 12.1. The lowest BCUT2D eigenvalue weighted by molar-refractivity contribution is -0.125. The summed E-state index contributed by atoms with van der Waals surface area (Å²) in [5.74, 6) is -0.0562. The number of amides is 1. The Kier molecular flexibility index (Phi) is 5.35. The van der Waals surface area contributed by atoms with E-state index in [1.807, 2.05) is 4.90 Å². The highest BCUT2D eigenvalue weighted by atomic mass is 79.9. The normalized spacial score (nSPS) is 18.6. The molecule has 1 aliphatic rings. The van der Waals surface area contributed by atoms with Crippen molar-refractivity contribution in [2.24, 2.45) is 18.7 Å². The van der Waals surface area contributed by atoms with Gasteiger partial charge < -0.3 is 16.0 Å². The molecule has 3 N–H and O–H groups in total. The Labute approximate surface area is 131 Å². The number of anilines is 1. The van der Waals surface area contributed by atoms with Crippen LogP contribution in [0.1, 0.15) is 12.8 Å².